The van der Waals surface area contributed by atoms with E-state index in [1.807, 2.05) is 54.6 Å². The molecular weight excluding hydrogens is 316 g/mol. The van der Waals surface area contributed by atoms with Crippen molar-refractivity contribution in [1.82, 2.24) is 9.80 Å². The zero-order valence-electron chi connectivity index (χ0n) is 14.5. The van der Waals surface area contributed by atoms with Crippen LogP contribution >= 0.6 is 0 Å². The Bertz CT molecular complexity index is 743. The van der Waals surface area contributed by atoms with Gasteiger partial charge in [0.15, 0.2) is 0 Å². The predicted molar refractivity (Wildman–Crippen MR) is 95.2 cm³/mol. The highest BCUT2D eigenvalue weighted by Crippen LogP contribution is 2.22. The summed E-state index contributed by atoms with van der Waals surface area (Å²) in [6, 6.07) is 17.3. The maximum atomic E-state index is 12.5. The highest BCUT2D eigenvalue weighted by molar-refractivity contribution is 5.89. The second kappa shape index (κ2) is 7.38. The monoisotopic (exact) mass is 338 g/mol. The molecule has 1 heterocycles. The summed E-state index contributed by atoms with van der Waals surface area (Å²) < 4.78 is 5.77. The van der Waals surface area contributed by atoms with Gasteiger partial charge in [0.2, 0.25) is 11.8 Å². The number of rotatable bonds is 5. The summed E-state index contributed by atoms with van der Waals surface area (Å²) in [6.45, 7) is 1.02. The van der Waals surface area contributed by atoms with Crippen LogP contribution in [0.2, 0.25) is 0 Å². The van der Waals surface area contributed by atoms with Crippen molar-refractivity contribution in [1.29, 1.82) is 0 Å². The first-order valence-electron chi connectivity index (χ1n) is 8.33. The lowest BCUT2D eigenvalue weighted by Gasteiger charge is -2.21. The van der Waals surface area contributed by atoms with E-state index in [4.69, 9.17) is 4.74 Å². The van der Waals surface area contributed by atoms with Crippen LogP contribution in [0, 0.1) is 5.92 Å². The van der Waals surface area contributed by atoms with Gasteiger partial charge in [-0.1, -0.05) is 30.3 Å². The zero-order chi connectivity index (χ0) is 17.8. The summed E-state index contributed by atoms with van der Waals surface area (Å²) in [5.74, 6) is 1.36. The van der Waals surface area contributed by atoms with Crippen molar-refractivity contribution in [2.24, 2.45) is 5.92 Å². The number of hydrogen-bond donors (Lipinski definition) is 0. The van der Waals surface area contributed by atoms with E-state index in [2.05, 4.69) is 0 Å². The van der Waals surface area contributed by atoms with Crippen molar-refractivity contribution in [2.75, 3.05) is 20.6 Å². The molecule has 0 N–H and O–H groups in total. The zero-order valence-corrected chi connectivity index (χ0v) is 14.5. The summed E-state index contributed by atoms with van der Waals surface area (Å²) in [6.07, 6.45) is 0.309. The molecule has 3 rings (SSSR count). The molecule has 130 valence electrons. The Hall–Kier alpha value is -2.82. The van der Waals surface area contributed by atoms with Gasteiger partial charge in [-0.3, -0.25) is 9.59 Å². The van der Waals surface area contributed by atoms with Gasteiger partial charge in [0, 0.05) is 33.6 Å². The number of benzene rings is 2. The van der Waals surface area contributed by atoms with Crippen LogP contribution in [-0.4, -0.2) is 42.3 Å². The van der Waals surface area contributed by atoms with Crippen LogP contribution in [0.25, 0.3) is 0 Å². The number of hydrogen-bond acceptors (Lipinski definition) is 3. The van der Waals surface area contributed by atoms with Crippen LogP contribution in [0.4, 0.5) is 0 Å². The Labute approximate surface area is 147 Å². The molecule has 0 aliphatic carbocycles. The lowest BCUT2D eigenvalue weighted by Crippen LogP contribution is -2.33. The molecule has 25 heavy (non-hydrogen) atoms. The minimum atomic E-state index is -0.233. The van der Waals surface area contributed by atoms with Gasteiger partial charge in [-0.05, 0) is 29.8 Å². The molecule has 1 aliphatic rings. The van der Waals surface area contributed by atoms with Crippen LogP contribution in [0.1, 0.15) is 12.0 Å². The maximum Gasteiger partial charge on any atom is 0.228 e. The van der Waals surface area contributed by atoms with Gasteiger partial charge in [0.05, 0.1) is 5.92 Å². The van der Waals surface area contributed by atoms with Crippen molar-refractivity contribution >= 4 is 11.8 Å². The molecule has 2 amide bonds. The van der Waals surface area contributed by atoms with Gasteiger partial charge < -0.3 is 14.5 Å². The molecule has 1 fully saturated rings. The second-order valence-electron chi connectivity index (χ2n) is 6.43. The molecule has 1 aliphatic heterocycles. The lowest BCUT2D eigenvalue weighted by atomic mass is 10.1. The van der Waals surface area contributed by atoms with Crippen LogP contribution in [-0.2, 0) is 16.1 Å². The first-order valence-corrected chi connectivity index (χ1v) is 8.33. The van der Waals surface area contributed by atoms with Crippen molar-refractivity contribution in [3.8, 4) is 11.5 Å². The molecule has 5 nitrogen and oxygen atoms in total. The first kappa shape index (κ1) is 17.0. The molecular formula is C20H22N2O3. The van der Waals surface area contributed by atoms with Gasteiger partial charge in [-0.2, -0.15) is 0 Å². The Morgan fingerprint density at radius 1 is 1.12 bits per heavy atom. The third kappa shape index (κ3) is 4.18. The molecule has 0 aromatic heterocycles. The van der Waals surface area contributed by atoms with Crippen molar-refractivity contribution in [3.05, 3.63) is 60.2 Å². The number of likely N-dealkylation sites (tertiary alicyclic amines) is 1. The Balaban J connectivity index is 1.57. The molecule has 1 saturated heterocycles. The number of ether oxygens (including phenoxy) is 1. The van der Waals surface area contributed by atoms with E-state index in [0.717, 1.165) is 17.1 Å². The van der Waals surface area contributed by atoms with Gasteiger partial charge in [-0.25, -0.2) is 0 Å². The van der Waals surface area contributed by atoms with Crippen LogP contribution in [0.3, 0.4) is 0 Å². The van der Waals surface area contributed by atoms with Gasteiger partial charge in [-0.15, -0.1) is 0 Å². The van der Waals surface area contributed by atoms with E-state index in [1.165, 1.54) is 0 Å². The number of amides is 2. The summed E-state index contributed by atoms with van der Waals surface area (Å²) in [5.41, 5.74) is 1.02. The number of nitrogens with zero attached hydrogens (tertiary/aromatic N) is 2. The van der Waals surface area contributed by atoms with E-state index in [9.17, 15) is 9.59 Å². The highest BCUT2D eigenvalue weighted by Gasteiger charge is 2.33. The summed E-state index contributed by atoms with van der Waals surface area (Å²) in [5, 5.41) is 0. The van der Waals surface area contributed by atoms with E-state index >= 15 is 0 Å². The molecule has 0 unspecified atom stereocenters. The third-order valence-corrected chi connectivity index (χ3v) is 4.39. The second-order valence-corrected chi connectivity index (χ2v) is 6.43. The molecule has 0 radical (unpaired) electrons. The van der Waals surface area contributed by atoms with Gasteiger partial charge in [0.25, 0.3) is 0 Å². The van der Waals surface area contributed by atoms with E-state index in [1.54, 1.807) is 23.9 Å². The predicted octanol–water partition coefficient (Wildman–Crippen LogP) is 2.92. The van der Waals surface area contributed by atoms with E-state index < -0.39 is 0 Å². The molecule has 5 heteroatoms. The fourth-order valence-corrected chi connectivity index (χ4v) is 2.98. The average Bonchev–Trinajstić information content (AvgIpc) is 2.96. The first-order chi connectivity index (χ1) is 12.0. The standard InChI is InChI=1S/C20H22N2O3/c1-21-14-16(12-19(21)23)20(24)22(2)13-15-8-10-18(11-9-15)25-17-6-4-3-5-7-17/h3-11,16H,12-14H2,1-2H3/t16-/m0/s1. The SMILES string of the molecule is CN1C[C@@H](C(=O)N(C)Cc2ccc(Oc3ccccc3)cc2)CC1=O. The molecule has 2 aromatic rings. The summed E-state index contributed by atoms with van der Waals surface area (Å²) in [4.78, 5) is 27.4. The van der Waals surface area contributed by atoms with Crippen molar-refractivity contribution in [3.63, 3.8) is 0 Å². The van der Waals surface area contributed by atoms with Gasteiger partial charge in [0.1, 0.15) is 11.5 Å². The average molecular weight is 338 g/mol. The van der Waals surface area contributed by atoms with Crippen molar-refractivity contribution in [2.45, 2.75) is 13.0 Å². The van der Waals surface area contributed by atoms with Gasteiger partial charge >= 0.3 is 0 Å². The minimum absolute atomic E-state index is 0.0160. The largest absolute Gasteiger partial charge is 0.457 e. The lowest BCUT2D eigenvalue weighted by molar-refractivity contribution is -0.135. The quantitative estimate of drug-likeness (QED) is 0.842. The maximum absolute atomic E-state index is 12.5. The molecule has 2 aromatic carbocycles. The van der Waals surface area contributed by atoms with Crippen LogP contribution in [0.15, 0.2) is 54.6 Å². The Morgan fingerprint density at radius 3 is 2.36 bits per heavy atom. The molecule has 0 saturated carbocycles. The normalized spacial score (nSPS) is 16.8. The van der Waals surface area contributed by atoms with E-state index in [0.29, 0.717) is 19.5 Å². The fraction of sp³-hybridized carbons (Fsp3) is 0.300. The van der Waals surface area contributed by atoms with Crippen LogP contribution < -0.4 is 4.74 Å². The minimum Gasteiger partial charge on any atom is -0.457 e. The molecule has 0 bridgehead atoms. The Kier molecular flexibility index (Phi) is 5.03. The third-order valence-electron chi connectivity index (χ3n) is 4.39. The van der Waals surface area contributed by atoms with Crippen molar-refractivity contribution < 1.29 is 14.3 Å². The smallest absolute Gasteiger partial charge is 0.228 e. The van der Waals surface area contributed by atoms with E-state index in [-0.39, 0.29) is 17.7 Å². The highest BCUT2D eigenvalue weighted by atomic mass is 16.5. The fourth-order valence-electron chi connectivity index (χ4n) is 2.98. The summed E-state index contributed by atoms with van der Waals surface area (Å²) in [7, 11) is 3.51. The number of carbonyl (C=O) groups excluding carboxylic acids is 2. The number of carbonyl (C=O) groups is 2. The topological polar surface area (TPSA) is 49.9 Å². The Morgan fingerprint density at radius 2 is 1.76 bits per heavy atom. The molecule has 0 spiro atoms. The summed E-state index contributed by atoms with van der Waals surface area (Å²) >= 11 is 0. The number of para-hydroxylation sites is 1. The molecule has 1 atom stereocenters. The van der Waals surface area contributed by atoms with Crippen LogP contribution in [0.5, 0.6) is 11.5 Å².